The van der Waals surface area contributed by atoms with Gasteiger partial charge >= 0.3 is 5.76 Å². The van der Waals surface area contributed by atoms with Crippen molar-refractivity contribution in [3.8, 4) is 0 Å². The Bertz CT molecular complexity index is 1290. The van der Waals surface area contributed by atoms with Crippen LogP contribution in [0.15, 0.2) is 44.6 Å². The van der Waals surface area contributed by atoms with Gasteiger partial charge in [0.25, 0.3) is 5.91 Å². The molecule has 10 nitrogen and oxygen atoms in total. The molecule has 0 saturated carbocycles. The third-order valence-corrected chi connectivity index (χ3v) is 8.02. The molecule has 0 unspecified atom stereocenters. The Kier molecular flexibility index (Phi) is 6.47. The lowest BCUT2D eigenvalue weighted by atomic mass is 10.2. The number of rotatable bonds is 7. The standard InChI is InChI=1S/C20H25N5O5S2/c1-23(2)5-6-25-17-11-14(3-4-18(17)30-20(25)27)22-19(26)16-12-15(13-21-16)32(28,29)24-7-9-31-10-8-24/h3-4,11-13,21H,5-10H2,1-2H3,(H,22,26). The van der Waals surface area contributed by atoms with E-state index in [0.29, 0.717) is 43.0 Å². The van der Waals surface area contributed by atoms with Crippen molar-refractivity contribution in [2.24, 2.45) is 0 Å². The lowest BCUT2D eigenvalue weighted by Gasteiger charge is -2.24. The maximum Gasteiger partial charge on any atom is 0.419 e. The van der Waals surface area contributed by atoms with Crippen LogP contribution in [0.4, 0.5) is 5.69 Å². The van der Waals surface area contributed by atoms with E-state index in [-0.39, 0.29) is 10.6 Å². The fourth-order valence-corrected chi connectivity index (χ4v) is 6.01. The highest BCUT2D eigenvalue weighted by Crippen LogP contribution is 2.22. The molecule has 0 aliphatic carbocycles. The summed E-state index contributed by atoms with van der Waals surface area (Å²) in [6.45, 7) is 2.02. The van der Waals surface area contributed by atoms with Crippen LogP contribution in [0, 0.1) is 0 Å². The van der Waals surface area contributed by atoms with E-state index < -0.39 is 21.7 Å². The number of fused-ring (bicyclic) bond motifs is 1. The number of hydrogen-bond donors (Lipinski definition) is 2. The van der Waals surface area contributed by atoms with Crippen molar-refractivity contribution in [3.63, 3.8) is 0 Å². The predicted octanol–water partition coefficient (Wildman–Crippen LogP) is 1.47. The van der Waals surface area contributed by atoms with Crippen LogP contribution in [-0.4, -0.2) is 78.3 Å². The molecule has 1 aliphatic heterocycles. The van der Waals surface area contributed by atoms with Crippen LogP contribution in [-0.2, 0) is 16.6 Å². The number of likely N-dealkylation sites (N-methyl/N-ethyl adjacent to an activating group) is 1. The van der Waals surface area contributed by atoms with Crippen LogP contribution in [0.2, 0.25) is 0 Å². The first-order valence-electron chi connectivity index (χ1n) is 10.1. The summed E-state index contributed by atoms with van der Waals surface area (Å²) in [5.41, 5.74) is 1.60. The molecule has 0 spiro atoms. The molecule has 1 saturated heterocycles. The molecule has 32 heavy (non-hydrogen) atoms. The normalized spacial score (nSPS) is 15.5. The van der Waals surface area contributed by atoms with E-state index in [1.54, 1.807) is 30.0 Å². The lowest BCUT2D eigenvalue weighted by Crippen LogP contribution is -2.37. The van der Waals surface area contributed by atoms with Crippen LogP contribution in [0.1, 0.15) is 10.5 Å². The van der Waals surface area contributed by atoms with E-state index in [9.17, 15) is 18.0 Å². The van der Waals surface area contributed by atoms with Gasteiger partial charge in [-0.2, -0.15) is 16.1 Å². The van der Waals surface area contributed by atoms with Crippen molar-refractivity contribution in [3.05, 3.63) is 46.7 Å². The van der Waals surface area contributed by atoms with Gasteiger partial charge in [-0.3, -0.25) is 9.36 Å². The van der Waals surface area contributed by atoms with Crippen LogP contribution in [0.5, 0.6) is 0 Å². The minimum Gasteiger partial charge on any atom is -0.408 e. The minimum absolute atomic E-state index is 0.0670. The van der Waals surface area contributed by atoms with Gasteiger partial charge in [0.1, 0.15) is 10.6 Å². The van der Waals surface area contributed by atoms with E-state index in [2.05, 4.69) is 10.3 Å². The molecule has 172 valence electrons. The maximum atomic E-state index is 12.8. The number of sulfonamides is 1. The summed E-state index contributed by atoms with van der Waals surface area (Å²) in [6.07, 6.45) is 1.34. The second-order valence-electron chi connectivity index (χ2n) is 7.73. The molecular formula is C20H25N5O5S2. The minimum atomic E-state index is -3.64. The van der Waals surface area contributed by atoms with Gasteiger partial charge in [0.15, 0.2) is 5.58 Å². The number of carbonyl (C=O) groups is 1. The molecule has 1 fully saturated rings. The van der Waals surface area contributed by atoms with E-state index in [1.807, 2.05) is 19.0 Å². The SMILES string of the molecule is CN(C)CCn1c(=O)oc2ccc(NC(=O)c3cc(S(=O)(=O)N4CCSCC4)c[nH]3)cc21. The van der Waals surface area contributed by atoms with Gasteiger partial charge in [0.05, 0.1) is 5.52 Å². The molecule has 3 aromatic rings. The smallest absolute Gasteiger partial charge is 0.408 e. The topological polar surface area (TPSA) is 121 Å². The van der Waals surface area contributed by atoms with Gasteiger partial charge < -0.3 is 19.6 Å². The van der Waals surface area contributed by atoms with Crippen LogP contribution >= 0.6 is 11.8 Å². The Morgan fingerprint density at radius 2 is 2.00 bits per heavy atom. The van der Waals surface area contributed by atoms with E-state index >= 15 is 0 Å². The number of thioether (sulfide) groups is 1. The fourth-order valence-electron chi connectivity index (χ4n) is 3.44. The first kappa shape index (κ1) is 22.6. The predicted molar refractivity (Wildman–Crippen MR) is 124 cm³/mol. The van der Waals surface area contributed by atoms with Crippen LogP contribution < -0.4 is 11.1 Å². The fraction of sp³-hybridized carbons (Fsp3) is 0.400. The molecule has 1 aromatic carbocycles. The van der Waals surface area contributed by atoms with Crippen molar-refractivity contribution in [2.45, 2.75) is 11.4 Å². The van der Waals surface area contributed by atoms with Gasteiger partial charge in [0, 0.05) is 49.6 Å². The van der Waals surface area contributed by atoms with Crippen molar-refractivity contribution in [1.29, 1.82) is 0 Å². The van der Waals surface area contributed by atoms with Gasteiger partial charge in [-0.05, 0) is 38.4 Å². The molecule has 2 N–H and O–H groups in total. The molecule has 0 atom stereocenters. The molecule has 3 heterocycles. The second kappa shape index (κ2) is 9.14. The summed E-state index contributed by atoms with van der Waals surface area (Å²) >= 11 is 1.72. The number of nitrogens with zero attached hydrogens (tertiary/aromatic N) is 3. The summed E-state index contributed by atoms with van der Waals surface area (Å²) in [6, 6.07) is 6.26. The average molecular weight is 480 g/mol. The number of H-pyrrole nitrogens is 1. The summed E-state index contributed by atoms with van der Waals surface area (Å²) in [5, 5.41) is 2.75. The Morgan fingerprint density at radius 3 is 2.72 bits per heavy atom. The quantitative estimate of drug-likeness (QED) is 0.526. The highest BCUT2D eigenvalue weighted by Gasteiger charge is 2.27. The Morgan fingerprint density at radius 1 is 1.25 bits per heavy atom. The number of aromatic nitrogens is 2. The average Bonchev–Trinajstić information content (AvgIpc) is 3.38. The van der Waals surface area contributed by atoms with E-state index in [0.717, 1.165) is 11.5 Å². The maximum absolute atomic E-state index is 12.8. The number of carbonyl (C=O) groups excluding carboxylic acids is 1. The van der Waals surface area contributed by atoms with Crippen LogP contribution in [0.3, 0.4) is 0 Å². The molecule has 12 heteroatoms. The monoisotopic (exact) mass is 479 g/mol. The van der Waals surface area contributed by atoms with Gasteiger partial charge in [-0.1, -0.05) is 0 Å². The first-order chi connectivity index (χ1) is 15.3. The second-order valence-corrected chi connectivity index (χ2v) is 10.9. The summed E-state index contributed by atoms with van der Waals surface area (Å²) in [7, 11) is 0.183. The Labute approximate surface area is 189 Å². The number of anilines is 1. The summed E-state index contributed by atoms with van der Waals surface area (Å²) < 4.78 is 33.8. The van der Waals surface area contributed by atoms with Crippen molar-refractivity contribution in [1.82, 2.24) is 18.8 Å². The molecule has 0 radical (unpaired) electrons. The molecule has 4 rings (SSSR count). The van der Waals surface area contributed by atoms with E-state index in [4.69, 9.17) is 4.42 Å². The number of hydrogen-bond acceptors (Lipinski definition) is 7. The van der Waals surface area contributed by atoms with Gasteiger partial charge in [-0.25, -0.2) is 13.2 Å². The van der Waals surface area contributed by atoms with Crippen LogP contribution in [0.25, 0.3) is 11.1 Å². The number of amides is 1. The molecule has 2 aromatic heterocycles. The van der Waals surface area contributed by atoms with Crippen molar-refractivity contribution < 1.29 is 17.6 Å². The Hall–Kier alpha value is -2.54. The summed E-state index contributed by atoms with van der Waals surface area (Å²) in [5.74, 6) is 0.576. The number of benzene rings is 1. The number of aromatic amines is 1. The van der Waals surface area contributed by atoms with E-state index in [1.165, 1.54) is 21.1 Å². The molecule has 0 bridgehead atoms. The first-order valence-corrected chi connectivity index (χ1v) is 12.7. The number of oxazole rings is 1. The largest absolute Gasteiger partial charge is 0.419 e. The highest BCUT2D eigenvalue weighted by molar-refractivity contribution is 7.99. The summed E-state index contributed by atoms with van der Waals surface area (Å²) in [4.78, 5) is 29.7. The van der Waals surface area contributed by atoms with Gasteiger partial charge in [0.2, 0.25) is 10.0 Å². The third kappa shape index (κ3) is 4.63. The molecule has 1 amide bonds. The van der Waals surface area contributed by atoms with Gasteiger partial charge in [-0.15, -0.1) is 0 Å². The lowest BCUT2D eigenvalue weighted by molar-refractivity contribution is 0.102. The number of nitrogens with one attached hydrogen (secondary N) is 2. The van der Waals surface area contributed by atoms with Crippen molar-refractivity contribution in [2.75, 3.05) is 50.6 Å². The zero-order valence-corrected chi connectivity index (χ0v) is 19.5. The van der Waals surface area contributed by atoms with Crippen molar-refractivity contribution >= 4 is 44.5 Å². The zero-order valence-electron chi connectivity index (χ0n) is 17.8. The highest BCUT2D eigenvalue weighted by atomic mass is 32.2. The molecular weight excluding hydrogens is 454 g/mol. The Balaban J connectivity index is 1.53. The third-order valence-electron chi connectivity index (χ3n) is 5.21. The zero-order chi connectivity index (χ0) is 22.9. The molecule has 1 aliphatic rings.